The van der Waals surface area contributed by atoms with E-state index in [0.29, 0.717) is 6.54 Å². The van der Waals surface area contributed by atoms with Crippen LogP contribution in [0.3, 0.4) is 0 Å². The van der Waals surface area contributed by atoms with Gasteiger partial charge in [-0.05, 0) is 36.1 Å². The monoisotopic (exact) mass is 520 g/mol. The Labute approximate surface area is 185 Å². The molecule has 0 aliphatic carbocycles. The van der Waals surface area contributed by atoms with Crippen LogP contribution in [0.5, 0.6) is 5.75 Å². The second kappa shape index (κ2) is 10.7. The summed E-state index contributed by atoms with van der Waals surface area (Å²) in [5, 5.41) is 2.67. The molecule has 0 atom stereocenters. The van der Waals surface area contributed by atoms with Crippen molar-refractivity contribution in [2.24, 2.45) is 10.7 Å². The van der Waals surface area contributed by atoms with Gasteiger partial charge in [-0.2, -0.15) is 0 Å². The Morgan fingerprint density at radius 2 is 1.79 bits per heavy atom. The lowest BCUT2D eigenvalue weighted by Gasteiger charge is -2.28. The van der Waals surface area contributed by atoms with E-state index in [1.165, 1.54) is 29.3 Å². The molecule has 0 saturated heterocycles. The summed E-state index contributed by atoms with van der Waals surface area (Å²) in [6.45, 7) is 3.31. The van der Waals surface area contributed by atoms with Gasteiger partial charge in [0.15, 0.2) is 11.7 Å². The number of benzene rings is 2. The molecule has 3 N–H and O–H groups in total. The number of nitrogens with one attached hydrogen (secondary N) is 1. The zero-order valence-corrected chi connectivity index (χ0v) is 18.1. The van der Waals surface area contributed by atoms with E-state index >= 15 is 0 Å². The summed E-state index contributed by atoms with van der Waals surface area (Å²) in [4.78, 5) is 6.57. The molecule has 0 amide bonds. The second-order valence-electron chi connectivity index (χ2n) is 6.58. The molecule has 0 fully saturated rings. The van der Waals surface area contributed by atoms with Crippen LogP contribution >= 0.6 is 24.0 Å². The van der Waals surface area contributed by atoms with Crippen LogP contribution in [0.2, 0.25) is 0 Å². The predicted octanol–water partition coefficient (Wildman–Crippen LogP) is 4.38. The van der Waals surface area contributed by atoms with Crippen molar-refractivity contribution in [1.29, 1.82) is 0 Å². The number of nitrogens with two attached hydrogens (primary N) is 1. The van der Waals surface area contributed by atoms with Crippen LogP contribution in [0.4, 0.5) is 18.9 Å². The standard InChI is InChI=1S/C20H23F3N4O.HI/c21-20(22,23)28-18-9-4-3-8-17(18)26-19(24)25-11-5-12-27-13-10-15-6-1-2-7-16(15)14-27;/h1-4,6-9H,5,10-14H2,(H3,24,25,26);1H. The number of nitrogens with zero attached hydrogens (tertiary/aromatic N) is 2. The molecule has 0 bridgehead atoms. The fourth-order valence-electron chi connectivity index (χ4n) is 3.20. The molecule has 1 aliphatic rings. The van der Waals surface area contributed by atoms with E-state index in [4.69, 9.17) is 5.73 Å². The van der Waals surface area contributed by atoms with Crippen molar-refractivity contribution in [2.75, 3.05) is 25.0 Å². The van der Waals surface area contributed by atoms with Gasteiger partial charge in [-0.3, -0.25) is 9.89 Å². The quantitative estimate of drug-likeness (QED) is 0.257. The molecule has 2 aromatic rings. The molecule has 0 spiro atoms. The van der Waals surface area contributed by atoms with Gasteiger partial charge in [0.25, 0.3) is 0 Å². The number of para-hydroxylation sites is 2. The molecule has 0 saturated carbocycles. The van der Waals surface area contributed by atoms with Gasteiger partial charge in [-0.25, -0.2) is 0 Å². The first-order chi connectivity index (χ1) is 13.4. The van der Waals surface area contributed by atoms with Gasteiger partial charge in [0, 0.05) is 26.2 Å². The third kappa shape index (κ3) is 7.39. The Balaban J connectivity index is 0.00000300. The largest absolute Gasteiger partial charge is 0.573 e. The van der Waals surface area contributed by atoms with Crippen LogP contribution in [0.1, 0.15) is 17.5 Å². The number of hydrogen-bond acceptors (Lipinski definition) is 3. The minimum absolute atomic E-state index is 0. The molecular weight excluding hydrogens is 496 g/mol. The molecule has 3 rings (SSSR count). The average molecular weight is 520 g/mol. The van der Waals surface area contributed by atoms with Crippen molar-refractivity contribution in [3.63, 3.8) is 0 Å². The van der Waals surface area contributed by atoms with Gasteiger partial charge in [0.2, 0.25) is 0 Å². The summed E-state index contributed by atoms with van der Waals surface area (Å²) >= 11 is 0. The summed E-state index contributed by atoms with van der Waals surface area (Å²) in [6.07, 6.45) is -2.92. The average Bonchev–Trinajstić information content (AvgIpc) is 2.65. The third-order valence-corrected chi connectivity index (χ3v) is 4.50. The first kappa shape index (κ1) is 23.3. The number of fused-ring (bicyclic) bond motifs is 1. The van der Waals surface area contributed by atoms with E-state index in [1.54, 1.807) is 6.07 Å². The number of guanidine groups is 1. The number of rotatable bonds is 6. The molecular formula is C20H24F3IN4O. The van der Waals surface area contributed by atoms with Crippen molar-refractivity contribution >= 4 is 35.6 Å². The zero-order chi connectivity index (χ0) is 20.0. The van der Waals surface area contributed by atoms with Crippen molar-refractivity contribution < 1.29 is 17.9 Å². The maximum atomic E-state index is 12.5. The Morgan fingerprint density at radius 1 is 1.10 bits per heavy atom. The van der Waals surface area contributed by atoms with Gasteiger partial charge in [-0.1, -0.05) is 36.4 Å². The van der Waals surface area contributed by atoms with Gasteiger partial charge in [0.05, 0.1) is 5.69 Å². The summed E-state index contributed by atoms with van der Waals surface area (Å²) in [5.74, 6) is -0.289. The van der Waals surface area contributed by atoms with Crippen LogP contribution < -0.4 is 15.8 Å². The van der Waals surface area contributed by atoms with Crippen LogP contribution in [0, 0.1) is 0 Å². The highest BCUT2D eigenvalue weighted by Crippen LogP contribution is 2.29. The Morgan fingerprint density at radius 3 is 2.55 bits per heavy atom. The van der Waals surface area contributed by atoms with E-state index in [-0.39, 0.29) is 41.4 Å². The maximum Gasteiger partial charge on any atom is 0.573 e. The third-order valence-electron chi connectivity index (χ3n) is 4.50. The van der Waals surface area contributed by atoms with Crippen LogP contribution in [-0.4, -0.2) is 36.9 Å². The normalized spacial score (nSPS) is 14.7. The highest BCUT2D eigenvalue weighted by Gasteiger charge is 2.32. The lowest BCUT2D eigenvalue weighted by Crippen LogP contribution is -2.31. The molecule has 0 radical (unpaired) electrons. The fraction of sp³-hybridized carbons (Fsp3) is 0.350. The predicted molar refractivity (Wildman–Crippen MR) is 119 cm³/mol. The SMILES string of the molecule is I.NC(=NCCCN1CCc2ccccc2C1)Nc1ccccc1OC(F)(F)F. The lowest BCUT2D eigenvalue weighted by atomic mass is 10.00. The van der Waals surface area contributed by atoms with Crippen molar-refractivity contribution in [3.05, 3.63) is 59.7 Å². The molecule has 29 heavy (non-hydrogen) atoms. The van der Waals surface area contributed by atoms with E-state index in [9.17, 15) is 13.2 Å². The van der Waals surface area contributed by atoms with Crippen LogP contribution in [-0.2, 0) is 13.0 Å². The van der Waals surface area contributed by atoms with Gasteiger partial charge in [0.1, 0.15) is 0 Å². The van der Waals surface area contributed by atoms with Gasteiger partial charge >= 0.3 is 6.36 Å². The number of anilines is 1. The van der Waals surface area contributed by atoms with Crippen molar-refractivity contribution in [3.8, 4) is 5.75 Å². The van der Waals surface area contributed by atoms with Gasteiger partial charge < -0.3 is 15.8 Å². The second-order valence-corrected chi connectivity index (χ2v) is 6.58. The van der Waals surface area contributed by atoms with E-state index < -0.39 is 6.36 Å². The highest BCUT2D eigenvalue weighted by atomic mass is 127. The van der Waals surface area contributed by atoms with E-state index in [0.717, 1.165) is 32.5 Å². The highest BCUT2D eigenvalue weighted by molar-refractivity contribution is 14.0. The molecule has 0 unspecified atom stereocenters. The summed E-state index contributed by atoms with van der Waals surface area (Å²) < 4.78 is 41.4. The number of aliphatic imine (C=N–C) groups is 1. The van der Waals surface area contributed by atoms with Gasteiger partial charge in [-0.15, -0.1) is 37.1 Å². The molecule has 1 heterocycles. The Bertz CT molecular complexity index is 829. The smallest absolute Gasteiger partial charge is 0.404 e. The molecule has 1 aliphatic heterocycles. The molecule has 2 aromatic carbocycles. The topological polar surface area (TPSA) is 62.9 Å². The molecule has 5 nitrogen and oxygen atoms in total. The molecule has 158 valence electrons. The zero-order valence-electron chi connectivity index (χ0n) is 15.8. The van der Waals surface area contributed by atoms with Crippen LogP contribution in [0.25, 0.3) is 0 Å². The first-order valence-corrected chi connectivity index (χ1v) is 9.11. The number of alkyl halides is 3. The number of hydrogen-bond donors (Lipinski definition) is 2. The first-order valence-electron chi connectivity index (χ1n) is 9.11. The lowest BCUT2D eigenvalue weighted by molar-refractivity contribution is -0.274. The summed E-state index contributed by atoms with van der Waals surface area (Å²) in [5.41, 5.74) is 8.70. The number of halogens is 4. The minimum atomic E-state index is -4.77. The molecule has 9 heteroatoms. The van der Waals surface area contributed by atoms with Crippen molar-refractivity contribution in [1.82, 2.24) is 4.90 Å². The summed E-state index contributed by atoms with van der Waals surface area (Å²) in [7, 11) is 0. The maximum absolute atomic E-state index is 12.5. The minimum Gasteiger partial charge on any atom is -0.404 e. The Kier molecular flexibility index (Phi) is 8.57. The molecule has 0 aromatic heterocycles. The van der Waals surface area contributed by atoms with E-state index in [1.807, 2.05) is 0 Å². The summed E-state index contributed by atoms with van der Waals surface area (Å²) in [6, 6.07) is 14.2. The number of ether oxygens (including phenoxy) is 1. The Hall–Kier alpha value is -2.01. The fourth-order valence-corrected chi connectivity index (χ4v) is 3.20. The van der Waals surface area contributed by atoms with Crippen LogP contribution in [0.15, 0.2) is 53.5 Å². The van der Waals surface area contributed by atoms with E-state index in [2.05, 4.69) is 44.2 Å². The van der Waals surface area contributed by atoms with Crippen molar-refractivity contribution in [2.45, 2.75) is 25.7 Å².